The van der Waals surface area contributed by atoms with Crippen LogP contribution in [0.5, 0.6) is 5.75 Å². The molecule has 1 fully saturated rings. The molecule has 0 radical (unpaired) electrons. The largest absolute Gasteiger partial charge is 0.489 e. The molecule has 4 nitrogen and oxygen atoms in total. The highest BCUT2D eigenvalue weighted by Gasteiger charge is 2.54. The number of rotatable bonds is 7. The van der Waals surface area contributed by atoms with E-state index in [2.05, 4.69) is 66.0 Å². The quantitative estimate of drug-likeness (QED) is 0.251. The second kappa shape index (κ2) is 10.4. The molecule has 1 atom stereocenters. The first-order chi connectivity index (χ1) is 19.0. The zero-order chi connectivity index (χ0) is 26.9. The average molecular weight is 538 g/mol. The monoisotopic (exact) mass is 537 g/mol. The zero-order valence-electron chi connectivity index (χ0n) is 21.8. The number of aliphatic carboxylic acids is 1. The molecule has 0 aromatic heterocycles. The van der Waals surface area contributed by atoms with E-state index in [1.54, 1.807) is 12.1 Å². The molecule has 4 aromatic rings. The summed E-state index contributed by atoms with van der Waals surface area (Å²) in [6.45, 7) is 0.538. The van der Waals surface area contributed by atoms with Crippen LogP contribution in [0.4, 0.5) is 5.69 Å². The van der Waals surface area contributed by atoms with Crippen molar-refractivity contribution >= 4 is 23.3 Å². The summed E-state index contributed by atoms with van der Waals surface area (Å²) in [4.78, 5) is 12.7. The van der Waals surface area contributed by atoms with Crippen molar-refractivity contribution in [3.8, 4) is 5.75 Å². The van der Waals surface area contributed by atoms with Crippen molar-refractivity contribution in [1.82, 2.24) is 0 Å². The first kappa shape index (κ1) is 25.5. The first-order valence-corrected chi connectivity index (χ1v) is 14.0. The Morgan fingerprint density at radius 1 is 0.872 bits per heavy atom. The predicted octanol–water partition coefficient (Wildman–Crippen LogP) is 8.01. The minimum Gasteiger partial charge on any atom is -0.489 e. The van der Waals surface area contributed by atoms with Crippen LogP contribution in [0.3, 0.4) is 0 Å². The standard InChI is InChI=1S/C34H32ClNO3/c35-27-10-6-11-28(22-27)36-34(32(37)38)19-17-33(18-20-34)30-12-5-4-9-26(30)21-31(33)25-13-15-29(16-14-25)39-23-24-7-2-1-3-8-24/h1-16,22,31,36H,17-21,23H2,(H,37,38)/t31-,33?,34?/m1/s1. The van der Waals surface area contributed by atoms with Gasteiger partial charge in [0.2, 0.25) is 0 Å². The van der Waals surface area contributed by atoms with Crippen LogP contribution in [0.25, 0.3) is 0 Å². The number of ether oxygens (including phenoxy) is 1. The topological polar surface area (TPSA) is 58.6 Å². The number of benzene rings is 4. The third-order valence-electron chi connectivity index (χ3n) is 8.79. The maximum atomic E-state index is 12.7. The highest BCUT2D eigenvalue weighted by Crippen LogP contribution is 2.58. The lowest BCUT2D eigenvalue weighted by Gasteiger charge is -2.47. The van der Waals surface area contributed by atoms with E-state index >= 15 is 0 Å². The molecular formula is C34H32ClNO3. The summed E-state index contributed by atoms with van der Waals surface area (Å²) in [6, 6.07) is 34.8. The summed E-state index contributed by atoms with van der Waals surface area (Å²) in [5.74, 6) is 0.336. The molecule has 39 heavy (non-hydrogen) atoms. The predicted molar refractivity (Wildman–Crippen MR) is 156 cm³/mol. The molecule has 0 unspecified atom stereocenters. The van der Waals surface area contributed by atoms with E-state index in [-0.39, 0.29) is 11.3 Å². The maximum absolute atomic E-state index is 12.7. The number of nitrogens with one attached hydrogen (secondary N) is 1. The number of anilines is 1. The third kappa shape index (κ3) is 4.90. The molecule has 2 aliphatic carbocycles. The van der Waals surface area contributed by atoms with Crippen molar-refractivity contribution in [2.24, 2.45) is 0 Å². The summed E-state index contributed by atoms with van der Waals surface area (Å²) < 4.78 is 6.04. The zero-order valence-corrected chi connectivity index (χ0v) is 22.5. The molecule has 2 N–H and O–H groups in total. The van der Waals surface area contributed by atoms with Gasteiger partial charge < -0.3 is 15.2 Å². The van der Waals surface area contributed by atoms with E-state index < -0.39 is 11.5 Å². The van der Waals surface area contributed by atoms with Gasteiger partial charge in [0.25, 0.3) is 0 Å². The lowest BCUT2D eigenvalue weighted by molar-refractivity contribution is -0.144. The fourth-order valence-corrected chi connectivity index (χ4v) is 6.93. The Balaban J connectivity index is 1.25. The highest BCUT2D eigenvalue weighted by molar-refractivity contribution is 6.30. The van der Waals surface area contributed by atoms with Crippen molar-refractivity contribution in [2.75, 3.05) is 5.32 Å². The Morgan fingerprint density at radius 3 is 2.31 bits per heavy atom. The second-order valence-corrected chi connectivity index (χ2v) is 11.4. The lowest BCUT2D eigenvalue weighted by atomic mass is 9.59. The van der Waals surface area contributed by atoms with Gasteiger partial charge in [-0.2, -0.15) is 0 Å². The number of fused-ring (bicyclic) bond motifs is 2. The summed E-state index contributed by atoms with van der Waals surface area (Å²) >= 11 is 6.19. The van der Waals surface area contributed by atoms with E-state index in [0.29, 0.717) is 24.5 Å². The van der Waals surface area contributed by atoms with E-state index in [9.17, 15) is 9.90 Å². The number of hydrogen-bond donors (Lipinski definition) is 2. The van der Waals surface area contributed by atoms with Crippen LogP contribution >= 0.6 is 11.6 Å². The van der Waals surface area contributed by atoms with Gasteiger partial charge in [-0.05, 0) is 90.6 Å². The Bertz CT molecular complexity index is 1460. The molecular weight excluding hydrogens is 506 g/mol. The van der Waals surface area contributed by atoms with Crippen LogP contribution in [0.1, 0.15) is 53.9 Å². The van der Waals surface area contributed by atoms with Gasteiger partial charge >= 0.3 is 5.97 Å². The lowest BCUT2D eigenvalue weighted by Crippen LogP contribution is -2.52. The molecule has 0 bridgehead atoms. The minimum absolute atomic E-state index is 0.0992. The molecule has 1 spiro atoms. The van der Waals surface area contributed by atoms with E-state index in [4.69, 9.17) is 16.3 Å². The number of hydrogen-bond acceptors (Lipinski definition) is 3. The molecule has 0 amide bonds. The Kier molecular flexibility index (Phi) is 6.82. The molecule has 2 aliphatic rings. The van der Waals surface area contributed by atoms with Crippen LogP contribution in [-0.2, 0) is 23.2 Å². The average Bonchev–Trinajstić information content (AvgIpc) is 3.28. The Morgan fingerprint density at radius 2 is 1.59 bits per heavy atom. The molecule has 6 rings (SSSR count). The van der Waals surface area contributed by atoms with Gasteiger partial charge in [-0.25, -0.2) is 4.79 Å². The van der Waals surface area contributed by atoms with Crippen LogP contribution in [0.15, 0.2) is 103 Å². The van der Waals surface area contributed by atoms with E-state index in [0.717, 1.165) is 36.3 Å². The summed E-state index contributed by atoms with van der Waals surface area (Å²) in [6.07, 6.45) is 3.62. The van der Waals surface area contributed by atoms with Gasteiger partial charge in [0, 0.05) is 16.1 Å². The normalized spacial score (nSPS) is 23.8. The maximum Gasteiger partial charge on any atom is 0.329 e. The van der Waals surface area contributed by atoms with Gasteiger partial charge in [-0.3, -0.25) is 0 Å². The van der Waals surface area contributed by atoms with Gasteiger partial charge in [0.1, 0.15) is 17.9 Å². The number of carbonyl (C=O) groups is 1. The molecule has 0 heterocycles. The van der Waals surface area contributed by atoms with Gasteiger partial charge in [0.05, 0.1) is 0 Å². The number of halogens is 1. The van der Waals surface area contributed by atoms with Crippen molar-refractivity contribution in [1.29, 1.82) is 0 Å². The Hall–Kier alpha value is -3.76. The van der Waals surface area contributed by atoms with E-state index in [1.165, 1.54) is 16.7 Å². The number of carboxylic acid groups (broad SMARTS) is 1. The van der Waals surface area contributed by atoms with Crippen molar-refractivity contribution in [2.45, 2.75) is 55.6 Å². The highest BCUT2D eigenvalue weighted by atomic mass is 35.5. The third-order valence-corrected chi connectivity index (χ3v) is 9.02. The van der Waals surface area contributed by atoms with Gasteiger partial charge in [0.15, 0.2) is 0 Å². The van der Waals surface area contributed by atoms with Crippen molar-refractivity contribution < 1.29 is 14.6 Å². The van der Waals surface area contributed by atoms with Crippen LogP contribution in [0, 0.1) is 0 Å². The van der Waals surface area contributed by atoms with Crippen molar-refractivity contribution in [3.63, 3.8) is 0 Å². The van der Waals surface area contributed by atoms with Gasteiger partial charge in [-0.15, -0.1) is 0 Å². The Labute approximate surface area is 234 Å². The smallest absolute Gasteiger partial charge is 0.329 e. The fraction of sp³-hybridized carbons (Fsp3) is 0.265. The summed E-state index contributed by atoms with van der Waals surface area (Å²) in [5, 5.41) is 14.3. The minimum atomic E-state index is -1.02. The van der Waals surface area contributed by atoms with Crippen LogP contribution in [-0.4, -0.2) is 16.6 Å². The van der Waals surface area contributed by atoms with Crippen molar-refractivity contribution in [3.05, 3.63) is 130 Å². The van der Waals surface area contributed by atoms with Gasteiger partial charge in [-0.1, -0.05) is 84.4 Å². The van der Waals surface area contributed by atoms with E-state index in [1.807, 2.05) is 30.3 Å². The number of carboxylic acids is 1. The molecule has 4 aromatic carbocycles. The fourth-order valence-electron chi connectivity index (χ4n) is 6.74. The molecule has 198 valence electrons. The second-order valence-electron chi connectivity index (χ2n) is 10.9. The molecule has 5 heteroatoms. The molecule has 1 saturated carbocycles. The molecule has 0 saturated heterocycles. The molecule has 0 aliphatic heterocycles. The van der Waals surface area contributed by atoms with Crippen LogP contribution < -0.4 is 10.1 Å². The first-order valence-electron chi connectivity index (χ1n) is 13.6. The van der Waals surface area contributed by atoms with Crippen LogP contribution in [0.2, 0.25) is 5.02 Å². The SMILES string of the molecule is O=C(O)C1(Nc2cccc(Cl)c2)CCC2(CC1)c1ccccc1C[C@@H]2c1ccc(OCc2ccccc2)cc1. The summed E-state index contributed by atoms with van der Waals surface area (Å²) in [7, 11) is 0. The summed E-state index contributed by atoms with van der Waals surface area (Å²) in [5.41, 5.74) is 4.80.